The Bertz CT molecular complexity index is 673. The van der Waals surface area contributed by atoms with Crippen molar-refractivity contribution in [3.8, 4) is 0 Å². The molecule has 1 aromatic heterocycles. The van der Waals surface area contributed by atoms with Crippen LogP contribution in [0.1, 0.15) is 33.6 Å². The summed E-state index contributed by atoms with van der Waals surface area (Å²) in [5.41, 5.74) is 0.240. The maximum Gasteiger partial charge on any atom is 0.263 e. The van der Waals surface area contributed by atoms with Crippen molar-refractivity contribution in [2.24, 2.45) is 0 Å². The van der Waals surface area contributed by atoms with E-state index in [1.54, 1.807) is 0 Å². The summed E-state index contributed by atoms with van der Waals surface area (Å²) < 4.78 is 0. The van der Waals surface area contributed by atoms with E-state index < -0.39 is 29.7 Å². The molecular weight excluding hydrogens is 286 g/mol. The van der Waals surface area contributed by atoms with Gasteiger partial charge in [-0.25, -0.2) is 4.98 Å². The van der Waals surface area contributed by atoms with E-state index in [-0.39, 0.29) is 29.1 Å². The number of carbonyl (C=O) groups excluding carboxylic acids is 4. The topological polar surface area (TPSA) is 96.4 Å². The molecule has 3 rings (SSSR count). The second-order valence-corrected chi connectivity index (χ2v) is 4.89. The third kappa shape index (κ3) is 1.78. The lowest BCUT2D eigenvalue weighted by atomic mass is 10.0. The minimum atomic E-state index is -0.973. The lowest BCUT2D eigenvalue weighted by molar-refractivity contribution is -0.136. The molecular formula is C12H8ClN3O4. The SMILES string of the molecule is O=C1CCC(N2C(=O)c3cnc(Cl)cc3C2=O)C(=O)N1. The fraction of sp³-hybridized carbons (Fsp3) is 0.250. The first-order chi connectivity index (χ1) is 9.49. The van der Waals surface area contributed by atoms with E-state index in [1.165, 1.54) is 12.3 Å². The first kappa shape index (κ1) is 12.7. The Morgan fingerprint density at radius 3 is 2.60 bits per heavy atom. The highest BCUT2D eigenvalue weighted by molar-refractivity contribution is 6.31. The van der Waals surface area contributed by atoms with Crippen molar-refractivity contribution in [2.45, 2.75) is 18.9 Å². The second-order valence-electron chi connectivity index (χ2n) is 4.50. The molecule has 1 saturated heterocycles. The molecule has 1 fully saturated rings. The average Bonchev–Trinajstić information content (AvgIpc) is 2.63. The third-order valence-electron chi connectivity index (χ3n) is 3.29. The van der Waals surface area contributed by atoms with Gasteiger partial charge >= 0.3 is 0 Å². The van der Waals surface area contributed by atoms with Crippen molar-refractivity contribution in [2.75, 3.05) is 0 Å². The van der Waals surface area contributed by atoms with Crippen molar-refractivity contribution < 1.29 is 19.2 Å². The Hall–Kier alpha value is -2.28. The molecule has 1 atom stereocenters. The van der Waals surface area contributed by atoms with Crippen LogP contribution in [0.5, 0.6) is 0 Å². The van der Waals surface area contributed by atoms with Crippen LogP contribution in [-0.4, -0.2) is 39.6 Å². The number of fused-ring (bicyclic) bond motifs is 1. The normalized spacial score (nSPS) is 22.1. The number of amides is 4. The monoisotopic (exact) mass is 293 g/mol. The number of hydrogen-bond acceptors (Lipinski definition) is 5. The first-order valence-corrected chi connectivity index (χ1v) is 6.24. The molecule has 0 spiro atoms. The van der Waals surface area contributed by atoms with E-state index in [4.69, 9.17) is 11.6 Å². The lowest BCUT2D eigenvalue weighted by Gasteiger charge is -2.27. The van der Waals surface area contributed by atoms with Crippen LogP contribution in [0.25, 0.3) is 0 Å². The first-order valence-electron chi connectivity index (χ1n) is 5.86. The van der Waals surface area contributed by atoms with Crippen LogP contribution in [0.3, 0.4) is 0 Å². The third-order valence-corrected chi connectivity index (χ3v) is 3.50. The van der Waals surface area contributed by atoms with Crippen molar-refractivity contribution in [3.05, 3.63) is 28.5 Å². The van der Waals surface area contributed by atoms with Gasteiger partial charge in [0.25, 0.3) is 11.8 Å². The van der Waals surface area contributed by atoms with Crippen LogP contribution < -0.4 is 5.32 Å². The van der Waals surface area contributed by atoms with Gasteiger partial charge in [0.05, 0.1) is 11.1 Å². The fourth-order valence-electron chi connectivity index (χ4n) is 2.34. The molecule has 1 unspecified atom stereocenters. The van der Waals surface area contributed by atoms with Gasteiger partial charge in [-0.3, -0.25) is 29.4 Å². The quantitative estimate of drug-likeness (QED) is 0.587. The summed E-state index contributed by atoms with van der Waals surface area (Å²) in [6, 6.07) is 0.321. The van der Waals surface area contributed by atoms with E-state index in [0.29, 0.717) is 0 Å². The maximum atomic E-state index is 12.2. The Morgan fingerprint density at radius 1 is 1.20 bits per heavy atom. The molecule has 7 nitrogen and oxygen atoms in total. The van der Waals surface area contributed by atoms with Crippen LogP contribution in [-0.2, 0) is 9.59 Å². The fourth-order valence-corrected chi connectivity index (χ4v) is 2.50. The zero-order chi connectivity index (χ0) is 14.4. The van der Waals surface area contributed by atoms with E-state index in [0.717, 1.165) is 4.90 Å². The van der Waals surface area contributed by atoms with Crippen molar-refractivity contribution >= 4 is 35.2 Å². The zero-order valence-corrected chi connectivity index (χ0v) is 10.8. The molecule has 102 valence electrons. The predicted octanol–water partition coefficient (Wildman–Crippen LogP) is 0.136. The molecule has 0 saturated carbocycles. The molecule has 8 heteroatoms. The summed E-state index contributed by atoms with van der Waals surface area (Å²) in [5.74, 6) is -2.24. The van der Waals surface area contributed by atoms with Gasteiger partial charge in [0.15, 0.2) is 0 Å². The minimum absolute atomic E-state index is 0.0861. The van der Waals surface area contributed by atoms with Gasteiger partial charge in [-0.15, -0.1) is 0 Å². The number of rotatable bonds is 1. The van der Waals surface area contributed by atoms with E-state index in [1.807, 2.05) is 0 Å². The molecule has 20 heavy (non-hydrogen) atoms. The molecule has 1 N–H and O–H groups in total. The van der Waals surface area contributed by atoms with Gasteiger partial charge in [0.1, 0.15) is 11.2 Å². The van der Waals surface area contributed by atoms with Gasteiger partial charge < -0.3 is 0 Å². The smallest absolute Gasteiger partial charge is 0.263 e. The Labute approximate surface area is 117 Å². The summed E-state index contributed by atoms with van der Waals surface area (Å²) in [7, 11) is 0. The summed E-state index contributed by atoms with van der Waals surface area (Å²) in [4.78, 5) is 52.0. The number of carbonyl (C=O) groups is 4. The standard InChI is InChI=1S/C12H8ClN3O4/c13-8-3-5-6(4-14-8)12(20)16(11(5)19)7-1-2-9(17)15-10(7)18/h3-4,7H,1-2H2,(H,15,17,18). The number of hydrogen-bond donors (Lipinski definition) is 1. The number of nitrogens with one attached hydrogen (secondary N) is 1. The largest absolute Gasteiger partial charge is 0.295 e. The lowest BCUT2D eigenvalue weighted by Crippen LogP contribution is -2.54. The second kappa shape index (κ2) is 4.38. The summed E-state index contributed by atoms with van der Waals surface area (Å²) in [5, 5.41) is 2.21. The molecule has 0 aliphatic carbocycles. The van der Waals surface area contributed by atoms with E-state index in [2.05, 4.69) is 10.3 Å². The summed E-state index contributed by atoms with van der Waals surface area (Å²) >= 11 is 5.70. The number of nitrogens with zero attached hydrogens (tertiary/aromatic N) is 2. The van der Waals surface area contributed by atoms with Crippen molar-refractivity contribution in [1.82, 2.24) is 15.2 Å². The van der Waals surface area contributed by atoms with Crippen molar-refractivity contribution in [1.29, 1.82) is 0 Å². The molecule has 0 radical (unpaired) electrons. The highest BCUT2D eigenvalue weighted by Gasteiger charge is 2.44. The number of pyridine rings is 1. The van der Waals surface area contributed by atoms with Gasteiger partial charge in [0, 0.05) is 12.6 Å². The Kier molecular flexibility index (Phi) is 2.79. The van der Waals surface area contributed by atoms with Gasteiger partial charge in [0.2, 0.25) is 11.8 Å². The van der Waals surface area contributed by atoms with Crippen LogP contribution in [0.4, 0.5) is 0 Å². The number of aromatic nitrogens is 1. The molecule has 0 aromatic carbocycles. The highest BCUT2D eigenvalue weighted by Crippen LogP contribution is 2.28. The minimum Gasteiger partial charge on any atom is -0.295 e. The molecule has 1 aromatic rings. The van der Waals surface area contributed by atoms with Crippen LogP contribution in [0.2, 0.25) is 5.15 Å². The summed E-state index contributed by atoms with van der Waals surface area (Å²) in [6.07, 6.45) is 1.42. The van der Waals surface area contributed by atoms with Gasteiger partial charge in [-0.1, -0.05) is 11.6 Å². The Balaban J connectivity index is 1.97. The number of imide groups is 2. The maximum absolute atomic E-state index is 12.2. The zero-order valence-electron chi connectivity index (χ0n) is 10.1. The van der Waals surface area contributed by atoms with Gasteiger partial charge in [-0.2, -0.15) is 0 Å². The molecule has 0 bridgehead atoms. The Morgan fingerprint density at radius 2 is 1.90 bits per heavy atom. The molecule has 2 aliphatic rings. The van der Waals surface area contributed by atoms with Crippen LogP contribution in [0, 0.1) is 0 Å². The van der Waals surface area contributed by atoms with Crippen molar-refractivity contribution in [3.63, 3.8) is 0 Å². The van der Waals surface area contributed by atoms with E-state index in [9.17, 15) is 19.2 Å². The molecule has 3 heterocycles. The van der Waals surface area contributed by atoms with Crippen LogP contribution in [0.15, 0.2) is 12.3 Å². The number of halogens is 1. The highest BCUT2D eigenvalue weighted by atomic mass is 35.5. The van der Waals surface area contributed by atoms with Crippen LogP contribution >= 0.6 is 11.6 Å². The molecule has 2 aliphatic heterocycles. The van der Waals surface area contributed by atoms with E-state index >= 15 is 0 Å². The number of piperidine rings is 1. The average molecular weight is 294 g/mol. The predicted molar refractivity (Wildman–Crippen MR) is 65.9 cm³/mol. The molecule has 4 amide bonds. The van der Waals surface area contributed by atoms with Gasteiger partial charge in [-0.05, 0) is 12.5 Å². The summed E-state index contributed by atoms with van der Waals surface area (Å²) in [6.45, 7) is 0.